The standard InChI is InChI=1S/C36H35N7O4/c1-41-32-26(12-23(15-30(32)47-2)35(45)43-17-22-8-10-27(43)31(22)37)38-33(41)29-14-21-6-5-20(13-28(21)42(29)16-18-3-4-18)19-7-9-24-25(11-19)39-36(46)40-34(24)44/h5-7,9,11-15,18,22,27,31H,3-4,8,10,16-17,37H2,1-2H3,(H2,39,40,44,46)/t22-,27-,31-/m1/s1. The average molecular weight is 630 g/mol. The maximum absolute atomic E-state index is 13.8. The summed E-state index contributed by atoms with van der Waals surface area (Å²) in [6.45, 7) is 1.57. The number of piperidine rings is 1. The number of likely N-dealkylation sites (tertiary alicyclic amines) is 1. The number of imidazole rings is 1. The zero-order valence-corrected chi connectivity index (χ0v) is 26.2. The molecule has 0 radical (unpaired) electrons. The van der Waals surface area contributed by atoms with Gasteiger partial charge in [-0.1, -0.05) is 18.2 Å². The van der Waals surface area contributed by atoms with Gasteiger partial charge in [-0.3, -0.25) is 14.6 Å². The molecule has 3 fully saturated rings. The number of aromatic nitrogens is 5. The van der Waals surface area contributed by atoms with Gasteiger partial charge in [0.1, 0.15) is 11.3 Å². The number of benzene rings is 3. The average Bonchev–Trinajstić information content (AvgIpc) is 3.47. The van der Waals surface area contributed by atoms with E-state index in [1.165, 1.54) is 12.8 Å². The lowest BCUT2D eigenvalue weighted by molar-refractivity contribution is 0.0700. The predicted molar refractivity (Wildman–Crippen MR) is 181 cm³/mol. The Bertz CT molecular complexity index is 2390. The molecule has 1 saturated heterocycles. The fourth-order valence-corrected chi connectivity index (χ4v) is 7.99. The number of carbonyl (C=O) groups excluding carboxylic acids is 1. The van der Waals surface area contributed by atoms with E-state index in [-0.39, 0.29) is 18.0 Å². The van der Waals surface area contributed by atoms with Crippen LogP contribution < -0.4 is 21.7 Å². The van der Waals surface area contributed by atoms with Crippen LogP contribution in [0.25, 0.3) is 55.5 Å². The van der Waals surface area contributed by atoms with Gasteiger partial charge in [0.15, 0.2) is 5.82 Å². The molecule has 6 aromatic rings. The number of amides is 1. The zero-order valence-electron chi connectivity index (χ0n) is 26.2. The van der Waals surface area contributed by atoms with Crippen molar-refractivity contribution in [2.75, 3.05) is 13.7 Å². The first-order valence-corrected chi connectivity index (χ1v) is 16.3. The normalized spacial score (nSPS) is 20.7. The lowest BCUT2D eigenvalue weighted by Crippen LogP contribution is -2.41. The Balaban J connectivity index is 1.16. The molecule has 4 heterocycles. The number of hydrogen-bond donors (Lipinski definition) is 3. The van der Waals surface area contributed by atoms with E-state index in [4.69, 9.17) is 15.5 Å². The number of ether oxygens (including phenoxy) is 1. The van der Waals surface area contributed by atoms with Gasteiger partial charge in [0.05, 0.1) is 29.2 Å². The van der Waals surface area contributed by atoms with Crippen molar-refractivity contribution in [2.24, 2.45) is 24.6 Å². The summed E-state index contributed by atoms with van der Waals surface area (Å²) in [6.07, 6.45) is 4.42. The van der Waals surface area contributed by atoms with Gasteiger partial charge in [-0.05, 0) is 85.0 Å². The second-order valence-electron chi connectivity index (χ2n) is 13.5. The van der Waals surface area contributed by atoms with Gasteiger partial charge in [0, 0.05) is 48.7 Å². The first-order valence-electron chi connectivity index (χ1n) is 16.3. The summed E-state index contributed by atoms with van der Waals surface area (Å²) >= 11 is 0. The van der Waals surface area contributed by atoms with Crippen molar-refractivity contribution < 1.29 is 9.53 Å². The van der Waals surface area contributed by atoms with E-state index in [1.807, 2.05) is 36.2 Å². The quantitative estimate of drug-likeness (QED) is 0.250. The van der Waals surface area contributed by atoms with Crippen LogP contribution in [-0.2, 0) is 13.6 Å². The summed E-state index contributed by atoms with van der Waals surface area (Å²) in [5.74, 6) is 2.37. The fraction of sp³-hybridized carbons (Fsp3) is 0.333. The Morgan fingerprint density at radius 1 is 1.00 bits per heavy atom. The molecule has 0 spiro atoms. The van der Waals surface area contributed by atoms with Crippen molar-refractivity contribution in [1.29, 1.82) is 0 Å². The van der Waals surface area contributed by atoms with Crippen LogP contribution in [0.3, 0.4) is 0 Å². The van der Waals surface area contributed by atoms with Gasteiger partial charge >= 0.3 is 5.69 Å². The van der Waals surface area contributed by atoms with Crippen LogP contribution in [0.4, 0.5) is 0 Å². The molecule has 4 N–H and O–H groups in total. The minimum absolute atomic E-state index is 0.0159. The number of hydrogen-bond acceptors (Lipinski definition) is 6. The Morgan fingerprint density at radius 2 is 1.81 bits per heavy atom. The summed E-state index contributed by atoms with van der Waals surface area (Å²) in [5.41, 5.74) is 12.1. The van der Waals surface area contributed by atoms with Gasteiger partial charge < -0.3 is 29.5 Å². The highest BCUT2D eigenvalue weighted by Gasteiger charge is 2.47. The van der Waals surface area contributed by atoms with Crippen LogP contribution in [0, 0.1) is 11.8 Å². The number of methoxy groups -OCH3 is 1. The van der Waals surface area contributed by atoms with E-state index in [0.29, 0.717) is 46.1 Å². The van der Waals surface area contributed by atoms with E-state index in [0.717, 1.165) is 58.5 Å². The van der Waals surface area contributed by atoms with E-state index in [1.54, 1.807) is 13.2 Å². The summed E-state index contributed by atoms with van der Waals surface area (Å²) < 4.78 is 10.3. The molecule has 0 unspecified atom stereocenters. The second kappa shape index (κ2) is 10.2. The molecule has 238 valence electrons. The Kier molecular flexibility index (Phi) is 6.08. The van der Waals surface area contributed by atoms with Crippen LogP contribution in [-0.4, -0.2) is 60.6 Å². The van der Waals surface area contributed by atoms with E-state index in [9.17, 15) is 14.4 Å². The summed E-state index contributed by atoms with van der Waals surface area (Å²) in [5, 5.41) is 1.53. The number of rotatable bonds is 6. The highest BCUT2D eigenvalue weighted by Crippen LogP contribution is 2.41. The van der Waals surface area contributed by atoms with Gasteiger partial charge in [-0.2, -0.15) is 0 Å². The first-order chi connectivity index (χ1) is 22.8. The number of carbonyl (C=O) groups is 1. The van der Waals surface area contributed by atoms with Crippen molar-refractivity contribution in [3.05, 3.63) is 81.0 Å². The van der Waals surface area contributed by atoms with Gasteiger partial charge in [0.2, 0.25) is 0 Å². The molecule has 1 amide bonds. The third kappa shape index (κ3) is 4.36. The molecule has 3 aromatic carbocycles. The highest BCUT2D eigenvalue weighted by atomic mass is 16.5. The monoisotopic (exact) mass is 629 g/mol. The molecular formula is C36H35N7O4. The minimum atomic E-state index is -0.527. The van der Waals surface area contributed by atoms with Crippen LogP contribution in [0.2, 0.25) is 0 Å². The summed E-state index contributed by atoms with van der Waals surface area (Å²) in [7, 11) is 3.63. The SMILES string of the molecule is COc1cc(C(=O)N2C[C@H]3CC[C@@H]2[C@@H]3N)cc2nc(-c3cc4ccc(-c5ccc6c(=O)[nH]c(=O)[nH]c6c5)cc4n3CC3CC3)n(C)c12. The smallest absolute Gasteiger partial charge is 0.326 e. The highest BCUT2D eigenvalue weighted by molar-refractivity contribution is 6.01. The molecule has 2 aliphatic carbocycles. The first kappa shape index (κ1) is 28.1. The lowest BCUT2D eigenvalue weighted by Gasteiger charge is -2.27. The molecule has 2 saturated carbocycles. The van der Waals surface area contributed by atoms with Crippen molar-refractivity contribution in [2.45, 2.75) is 44.3 Å². The second-order valence-corrected chi connectivity index (χ2v) is 13.5. The molecule has 11 heteroatoms. The summed E-state index contributed by atoms with van der Waals surface area (Å²) in [6, 6.07) is 17.9. The van der Waals surface area contributed by atoms with E-state index < -0.39 is 11.2 Å². The number of H-pyrrole nitrogens is 2. The van der Waals surface area contributed by atoms with E-state index in [2.05, 4.69) is 43.4 Å². The summed E-state index contributed by atoms with van der Waals surface area (Å²) in [4.78, 5) is 50.1. The fourth-order valence-electron chi connectivity index (χ4n) is 7.99. The molecule has 11 nitrogen and oxygen atoms in total. The lowest BCUT2D eigenvalue weighted by atomic mass is 10.0. The maximum Gasteiger partial charge on any atom is 0.326 e. The molecule has 2 bridgehead atoms. The molecule has 47 heavy (non-hydrogen) atoms. The largest absolute Gasteiger partial charge is 0.494 e. The van der Waals surface area contributed by atoms with Crippen molar-refractivity contribution in [1.82, 2.24) is 29.0 Å². The van der Waals surface area contributed by atoms with Gasteiger partial charge in [-0.25, -0.2) is 9.78 Å². The molecule has 3 aromatic heterocycles. The number of fused-ring (bicyclic) bond motifs is 5. The maximum atomic E-state index is 13.8. The van der Waals surface area contributed by atoms with Crippen molar-refractivity contribution >= 4 is 38.7 Å². The van der Waals surface area contributed by atoms with Crippen LogP contribution in [0.15, 0.2) is 64.2 Å². The predicted octanol–water partition coefficient (Wildman–Crippen LogP) is 4.37. The number of nitrogens with two attached hydrogens (primary N) is 1. The minimum Gasteiger partial charge on any atom is -0.494 e. The third-order valence-corrected chi connectivity index (χ3v) is 10.7. The van der Waals surface area contributed by atoms with Crippen LogP contribution in [0.1, 0.15) is 36.0 Å². The molecular weight excluding hydrogens is 594 g/mol. The van der Waals surface area contributed by atoms with Gasteiger partial charge in [0.25, 0.3) is 11.5 Å². The number of nitrogens with zero attached hydrogens (tertiary/aromatic N) is 4. The van der Waals surface area contributed by atoms with Crippen molar-refractivity contribution in [3.8, 4) is 28.4 Å². The molecule has 3 atom stereocenters. The molecule has 9 rings (SSSR count). The van der Waals surface area contributed by atoms with E-state index >= 15 is 0 Å². The third-order valence-electron chi connectivity index (χ3n) is 10.7. The Labute approximate surface area is 269 Å². The van der Waals surface area contributed by atoms with Crippen LogP contribution in [0.5, 0.6) is 5.75 Å². The molecule has 1 aliphatic heterocycles. The zero-order chi connectivity index (χ0) is 32.1. The number of aromatic amines is 2. The number of aryl methyl sites for hydroxylation is 1. The van der Waals surface area contributed by atoms with Gasteiger partial charge in [-0.15, -0.1) is 0 Å². The molecule has 3 aliphatic rings. The topological polar surface area (TPSA) is 144 Å². The Hall–Kier alpha value is -5.16. The number of nitrogens with one attached hydrogen (secondary N) is 2. The van der Waals surface area contributed by atoms with Crippen molar-refractivity contribution in [3.63, 3.8) is 0 Å². The van der Waals surface area contributed by atoms with Crippen LogP contribution >= 0.6 is 0 Å². The Morgan fingerprint density at radius 3 is 2.55 bits per heavy atom.